The van der Waals surface area contributed by atoms with Gasteiger partial charge in [-0.1, -0.05) is 30.3 Å². The third-order valence-electron chi connectivity index (χ3n) is 7.08. The molecule has 0 saturated heterocycles. The number of rotatable bonds is 1. The van der Waals surface area contributed by atoms with E-state index in [1.165, 1.54) is 16.9 Å². The van der Waals surface area contributed by atoms with E-state index in [1.807, 2.05) is 29.3 Å². The molecule has 2 unspecified atom stereocenters. The minimum atomic E-state index is -0.877. The predicted molar refractivity (Wildman–Crippen MR) is 109 cm³/mol. The Hall–Kier alpha value is -3.48. The van der Waals surface area contributed by atoms with Gasteiger partial charge < -0.3 is 5.11 Å². The molecule has 3 aromatic rings. The summed E-state index contributed by atoms with van der Waals surface area (Å²) in [4.78, 5) is 24.7. The van der Waals surface area contributed by atoms with Crippen molar-refractivity contribution in [3.8, 4) is 5.75 Å². The lowest BCUT2D eigenvalue weighted by molar-refractivity contribution is 0.0941. The summed E-state index contributed by atoms with van der Waals surface area (Å²) in [7, 11) is 0. The Morgan fingerprint density at radius 1 is 1.00 bits per heavy atom. The number of ketones is 1. The van der Waals surface area contributed by atoms with Crippen LogP contribution in [0.25, 0.3) is 0 Å². The number of carbonyl (C=O) groups is 1. The summed E-state index contributed by atoms with van der Waals surface area (Å²) < 4.78 is 30.5. The Bertz CT molecular complexity index is 1350. The maximum atomic E-state index is 14.9. The van der Waals surface area contributed by atoms with Gasteiger partial charge in [0.2, 0.25) is 5.43 Å². The summed E-state index contributed by atoms with van der Waals surface area (Å²) >= 11 is 0. The molecule has 0 bridgehead atoms. The molecule has 6 rings (SSSR count). The van der Waals surface area contributed by atoms with Crippen LogP contribution in [-0.4, -0.2) is 22.1 Å². The zero-order valence-corrected chi connectivity index (χ0v) is 16.4. The maximum Gasteiger partial charge on any atom is 0.224 e. The van der Waals surface area contributed by atoms with Crippen LogP contribution >= 0.6 is 0 Å². The largest absolute Gasteiger partial charge is 0.503 e. The third kappa shape index (κ3) is 2.13. The first-order chi connectivity index (χ1) is 14.9. The molecule has 0 radical (unpaired) electrons. The summed E-state index contributed by atoms with van der Waals surface area (Å²) in [6.45, 7) is 0.317. The molecule has 0 spiro atoms. The lowest BCUT2D eigenvalue weighted by atomic mass is 9.81. The van der Waals surface area contributed by atoms with Gasteiger partial charge in [-0.05, 0) is 41.2 Å². The van der Waals surface area contributed by atoms with Crippen molar-refractivity contribution in [2.75, 3.05) is 11.6 Å². The molecule has 2 aliphatic carbocycles. The van der Waals surface area contributed by atoms with E-state index in [1.54, 1.807) is 6.07 Å². The fraction of sp³-hybridized carbons (Fsp3) is 0.250. The highest BCUT2D eigenvalue weighted by molar-refractivity contribution is 5.98. The molecule has 0 fully saturated rings. The molecule has 1 N–H and O–H groups in total. The van der Waals surface area contributed by atoms with Gasteiger partial charge in [-0.2, -0.15) is 0 Å². The first kappa shape index (κ1) is 18.3. The fourth-order valence-corrected chi connectivity index (χ4v) is 5.93. The number of pyridine rings is 1. The molecule has 2 atom stereocenters. The molecule has 3 aliphatic rings. The van der Waals surface area contributed by atoms with Crippen LogP contribution in [0.4, 0.5) is 8.78 Å². The smallest absolute Gasteiger partial charge is 0.224 e. The normalized spacial score (nSPS) is 23.4. The quantitative estimate of drug-likeness (QED) is 0.658. The van der Waals surface area contributed by atoms with Crippen molar-refractivity contribution < 1.29 is 18.7 Å². The van der Waals surface area contributed by atoms with Crippen molar-refractivity contribution in [1.29, 1.82) is 0 Å². The molecular weight excluding hydrogens is 402 g/mol. The topological polar surface area (TPSA) is 62.5 Å². The summed E-state index contributed by atoms with van der Waals surface area (Å²) in [5.41, 5.74) is 1.59. The third-order valence-corrected chi connectivity index (χ3v) is 7.08. The number of hydrogen-bond donors (Lipinski definition) is 1. The number of halogens is 2. The minimum Gasteiger partial charge on any atom is -0.503 e. The molecule has 2 heterocycles. The van der Waals surface area contributed by atoms with Crippen molar-refractivity contribution in [1.82, 2.24) is 4.68 Å². The Morgan fingerprint density at radius 3 is 2.65 bits per heavy atom. The lowest BCUT2D eigenvalue weighted by Gasteiger charge is -2.48. The number of nitrogens with zero attached hydrogens (tertiary/aromatic N) is 2. The highest BCUT2D eigenvalue weighted by atomic mass is 19.2. The van der Waals surface area contributed by atoms with Crippen LogP contribution in [0.2, 0.25) is 0 Å². The average molecular weight is 420 g/mol. The average Bonchev–Trinajstić information content (AvgIpc) is 3.25. The lowest BCUT2D eigenvalue weighted by Crippen LogP contribution is -2.58. The second kappa shape index (κ2) is 6.03. The van der Waals surface area contributed by atoms with E-state index in [0.717, 1.165) is 17.2 Å². The number of benzene rings is 2. The number of carbonyl (C=O) groups excluding carboxylic acids is 1. The van der Waals surface area contributed by atoms with Crippen molar-refractivity contribution >= 4 is 5.78 Å². The molecule has 0 saturated carbocycles. The van der Waals surface area contributed by atoms with E-state index in [4.69, 9.17) is 0 Å². The van der Waals surface area contributed by atoms with Crippen LogP contribution in [0.5, 0.6) is 5.75 Å². The Balaban J connectivity index is 1.70. The first-order valence-corrected chi connectivity index (χ1v) is 10.3. The first-order valence-electron chi connectivity index (χ1n) is 10.3. The van der Waals surface area contributed by atoms with Crippen LogP contribution in [0.3, 0.4) is 0 Å². The van der Waals surface area contributed by atoms with Gasteiger partial charge in [0.1, 0.15) is 5.54 Å². The summed E-state index contributed by atoms with van der Waals surface area (Å²) in [5, 5.41) is 12.3. The molecule has 0 amide bonds. The molecule has 31 heavy (non-hydrogen) atoms. The SMILES string of the molecule is O=C1CCN(C23c4ccccc4CC2Cc2c3ccc(F)c2F)n2ccc(=O)c(O)c21. The maximum absolute atomic E-state index is 14.9. The zero-order chi connectivity index (χ0) is 21.5. The molecule has 2 aromatic carbocycles. The highest BCUT2D eigenvalue weighted by Crippen LogP contribution is 2.57. The van der Waals surface area contributed by atoms with Crippen LogP contribution in [0.15, 0.2) is 53.5 Å². The number of hydrogen-bond acceptors (Lipinski definition) is 4. The number of Topliss-reactive ketones (excluding diaryl/α,β-unsaturated/α-hetero) is 1. The number of fused-ring (bicyclic) bond motifs is 6. The van der Waals surface area contributed by atoms with E-state index in [2.05, 4.69) is 0 Å². The van der Waals surface area contributed by atoms with E-state index in [0.29, 0.717) is 30.5 Å². The zero-order valence-electron chi connectivity index (χ0n) is 16.4. The van der Waals surface area contributed by atoms with Crippen LogP contribution < -0.4 is 10.4 Å². The standard InChI is InChI=1S/C24H18F2N2O3/c25-18-6-5-17-15(21(18)26)12-14-11-13-3-1-2-4-16(13)24(14,17)28-10-8-19(29)22-23(31)20(30)7-9-27(22)28/h1-7,9,14,31H,8,10-12H2. The van der Waals surface area contributed by atoms with Gasteiger partial charge in [0.15, 0.2) is 28.9 Å². The minimum absolute atomic E-state index is 0.0627. The molecular formula is C24H18F2N2O3. The molecule has 5 nitrogen and oxygen atoms in total. The Morgan fingerprint density at radius 2 is 1.81 bits per heavy atom. The van der Waals surface area contributed by atoms with Gasteiger partial charge in [0, 0.05) is 31.1 Å². The van der Waals surface area contributed by atoms with Crippen molar-refractivity contribution in [2.45, 2.75) is 24.8 Å². The van der Waals surface area contributed by atoms with E-state index >= 15 is 0 Å². The Labute approximate surface area is 176 Å². The summed E-state index contributed by atoms with van der Waals surface area (Å²) in [6.07, 6.45) is 2.63. The van der Waals surface area contributed by atoms with E-state index < -0.39 is 28.4 Å². The van der Waals surface area contributed by atoms with Gasteiger partial charge in [-0.25, -0.2) is 8.78 Å². The van der Waals surface area contributed by atoms with E-state index in [-0.39, 0.29) is 23.8 Å². The molecule has 7 heteroatoms. The van der Waals surface area contributed by atoms with Gasteiger partial charge in [-0.3, -0.25) is 19.3 Å². The highest BCUT2D eigenvalue weighted by Gasteiger charge is 2.58. The van der Waals surface area contributed by atoms with Crippen LogP contribution in [0.1, 0.15) is 39.2 Å². The van der Waals surface area contributed by atoms with Crippen molar-refractivity contribution in [3.05, 3.63) is 98.5 Å². The number of aromatic nitrogens is 1. The van der Waals surface area contributed by atoms with Gasteiger partial charge in [0.05, 0.1) is 0 Å². The monoisotopic (exact) mass is 420 g/mol. The second-order valence-electron chi connectivity index (χ2n) is 8.43. The van der Waals surface area contributed by atoms with Crippen molar-refractivity contribution in [2.24, 2.45) is 5.92 Å². The predicted octanol–water partition coefficient (Wildman–Crippen LogP) is 3.03. The summed E-state index contributed by atoms with van der Waals surface area (Å²) in [5.74, 6) is -2.70. The van der Waals surface area contributed by atoms with Crippen molar-refractivity contribution in [3.63, 3.8) is 0 Å². The molecule has 156 valence electrons. The van der Waals surface area contributed by atoms with Crippen LogP contribution in [-0.2, 0) is 18.4 Å². The van der Waals surface area contributed by atoms with E-state index in [9.17, 15) is 23.5 Å². The Kier molecular flexibility index (Phi) is 3.56. The molecule has 1 aromatic heterocycles. The molecule has 1 aliphatic heterocycles. The van der Waals surface area contributed by atoms with Crippen LogP contribution in [0, 0.1) is 17.6 Å². The van der Waals surface area contributed by atoms with Gasteiger partial charge >= 0.3 is 0 Å². The van der Waals surface area contributed by atoms with Gasteiger partial charge in [-0.15, -0.1) is 0 Å². The van der Waals surface area contributed by atoms with Gasteiger partial charge in [0.25, 0.3) is 0 Å². The number of aromatic hydroxyl groups is 1. The fourth-order valence-electron chi connectivity index (χ4n) is 5.93. The second-order valence-corrected chi connectivity index (χ2v) is 8.43. The summed E-state index contributed by atoms with van der Waals surface area (Å²) in [6, 6.07) is 11.9.